The molecule has 2 aromatic carbocycles. The summed E-state index contributed by atoms with van der Waals surface area (Å²) in [6.07, 6.45) is 6.42. The van der Waals surface area contributed by atoms with E-state index in [2.05, 4.69) is 9.88 Å². The van der Waals surface area contributed by atoms with Crippen molar-refractivity contribution in [2.45, 2.75) is 46.0 Å². The molecule has 1 aromatic heterocycles. The summed E-state index contributed by atoms with van der Waals surface area (Å²) < 4.78 is 7.61. The number of likely N-dealkylation sites (tertiary alicyclic amines) is 1. The summed E-state index contributed by atoms with van der Waals surface area (Å²) in [5.41, 5.74) is 2.57. The largest absolute Gasteiger partial charge is 0.494 e. The molecule has 30 heavy (non-hydrogen) atoms. The SMILES string of the molecule is Cc1ccc2nc(C)n(-c3ccc(OCCCN4CCCCCC4)cc3)c(=O)c2c1. The lowest BCUT2D eigenvalue weighted by Gasteiger charge is -2.19. The topological polar surface area (TPSA) is 47.4 Å². The molecule has 5 heteroatoms. The number of hydrogen-bond donors (Lipinski definition) is 0. The van der Waals surface area contributed by atoms with Crippen LogP contribution in [-0.4, -0.2) is 40.7 Å². The third-order valence-electron chi connectivity index (χ3n) is 5.87. The van der Waals surface area contributed by atoms with E-state index in [0.717, 1.165) is 35.5 Å². The third kappa shape index (κ3) is 4.73. The van der Waals surface area contributed by atoms with Gasteiger partial charge < -0.3 is 9.64 Å². The Bertz CT molecular complexity index is 1050. The van der Waals surface area contributed by atoms with E-state index in [4.69, 9.17) is 4.74 Å². The van der Waals surface area contributed by atoms with Gasteiger partial charge in [-0.05, 0) is 82.6 Å². The molecule has 158 valence electrons. The van der Waals surface area contributed by atoms with E-state index in [-0.39, 0.29) is 5.56 Å². The van der Waals surface area contributed by atoms with E-state index in [1.807, 2.05) is 56.3 Å². The van der Waals surface area contributed by atoms with Gasteiger partial charge in [0, 0.05) is 6.54 Å². The summed E-state index contributed by atoms with van der Waals surface area (Å²) in [5, 5.41) is 0.648. The predicted octanol–water partition coefficient (Wildman–Crippen LogP) is 4.65. The molecule has 1 aliphatic rings. The highest BCUT2D eigenvalue weighted by atomic mass is 16.5. The Hall–Kier alpha value is -2.66. The number of aromatic nitrogens is 2. The van der Waals surface area contributed by atoms with Crippen molar-refractivity contribution in [1.82, 2.24) is 14.5 Å². The highest BCUT2D eigenvalue weighted by Gasteiger charge is 2.11. The lowest BCUT2D eigenvalue weighted by Crippen LogP contribution is -2.26. The molecule has 0 saturated carbocycles. The van der Waals surface area contributed by atoms with Gasteiger partial charge in [-0.2, -0.15) is 0 Å². The number of ether oxygens (including phenoxy) is 1. The molecule has 4 rings (SSSR count). The van der Waals surface area contributed by atoms with E-state index in [1.165, 1.54) is 38.8 Å². The first-order valence-corrected chi connectivity index (χ1v) is 11.1. The minimum atomic E-state index is -0.0349. The van der Waals surface area contributed by atoms with Crippen LogP contribution in [0, 0.1) is 13.8 Å². The zero-order chi connectivity index (χ0) is 20.9. The fourth-order valence-corrected chi connectivity index (χ4v) is 4.24. The molecule has 0 unspecified atom stereocenters. The minimum Gasteiger partial charge on any atom is -0.494 e. The lowest BCUT2D eigenvalue weighted by atomic mass is 10.1. The first-order valence-electron chi connectivity index (χ1n) is 11.1. The van der Waals surface area contributed by atoms with E-state index in [1.54, 1.807) is 4.57 Å². The molecule has 0 amide bonds. The number of benzene rings is 2. The summed E-state index contributed by atoms with van der Waals surface area (Å²) in [7, 11) is 0. The molecule has 3 aromatic rings. The van der Waals surface area contributed by atoms with Crippen molar-refractivity contribution in [3.8, 4) is 11.4 Å². The molecule has 1 saturated heterocycles. The van der Waals surface area contributed by atoms with Gasteiger partial charge >= 0.3 is 0 Å². The maximum Gasteiger partial charge on any atom is 0.265 e. The fourth-order valence-electron chi connectivity index (χ4n) is 4.24. The van der Waals surface area contributed by atoms with Crippen LogP contribution in [0.25, 0.3) is 16.6 Å². The summed E-state index contributed by atoms with van der Waals surface area (Å²) in [6, 6.07) is 13.5. The van der Waals surface area contributed by atoms with Gasteiger partial charge in [0.2, 0.25) is 0 Å². The molecule has 0 atom stereocenters. The highest BCUT2D eigenvalue weighted by Crippen LogP contribution is 2.18. The maximum atomic E-state index is 13.1. The van der Waals surface area contributed by atoms with Crippen LogP contribution in [0.4, 0.5) is 0 Å². The van der Waals surface area contributed by atoms with Crippen LogP contribution in [0.2, 0.25) is 0 Å². The first kappa shape index (κ1) is 20.6. The van der Waals surface area contributed by atoms with Crippen LogP contribution in [0.3, 0.4) is 0 Å². The van der Waals surface area contributed by atoms with Crippen molar-refractivity contribution >= 4 is 10.9 Å². The lowest BCUT2D eigenvalue weighted by molar-refractivity contribution is 0.240. The van der Waals surface area contributed by atoms with E-state index < -0.39 is 0 Å². The van der Waals surface area contributed by atoms with Gasteiger partial charge in [-0.1, -0.05) is 24.5 Å². The van der Waals surface area contributed by atoms with E-state index in [9.17, 15) is 4.79 Å². The summed E-state index contributed by atoms with van der Waals surface area (Å²) in [6.45, 7) is 8.13. The third-order valence-corrected chi connectivity index (χ3v) is 5.87. The van der Waals surface area contributed by atoms with Crippen molar-refractivity contribution in [3.63, 3.8) is 0 Å². The zero-order valence-electron chi connectivity index (χ0n) is 18.1. The number of fused-ring (bicyclic) bond motifs is 1. The van der Waals surface area contributed by atoms with Gasteiger partial charge in [0.1, 0.15) is 11.6 Å². The molecule has 5 nitrogen and oxygen atoms in total. The van der Waals surface area contributed by atoms with Gasteiger partial charge in [-0.3, -0.25) is 9.36 Å². The zero-order valence-corrected chi connectivity index (χ0v) is 18.1. The fraction of sp³-hybridized carbons (Fsp3) is 0.440. The molecular formula is C25H31N3O2. The Morgan fingerprint density at radius 1 is 0.967 bits per heavy atom. The minimum absolute atomic E-state index is 0.0349. The predicted molar refractivity (Wildman–Crippen MR) is 122 cm³/mol. The molecule has 0 radical (unpaired) electrons. The van der Waals surface area contributed by atoms with Gasteiger partial charge in [0.15, 0.2) is 0 Å². The number of aryl methyl sites for hydroxylation is 2. The van der Waals surface area contributed by atoms with Crippen molar-refractivity contribution < 1.29 is 4.74 Å². The van der Waals surface area contributed by atoms with Crippen molar-refractivity contribution in [2.75, 3.05) is 26.2 Å². The van der Waals surface area contributed by atoms with Gasteiger partial charge in [0.05, 0.1) is 23.2 Å². The van der Waals surface area contributed by atoms with Crippen LogP contribution in [-0.2, 0) is 0 Å². The van der Waals surface area contributed by atoms with E-state index >= 15 is 0 Å². The monoisotopic (exact) mass is 405 g/mol. The van der Waals surface area contributed by atoms with E-state index in [0.29, 0.717) is 17.8 Å². The molecule has 0 spiro atoms. The molecule has 2 heterocycles. The summed E-state index contributed by atoms with van der Waals surface area (Å²) in [5.74, 6) is 1.52. The van der Waals surface area contributed by atoms with Crippen LogP contribution in [0.5, 0.6) is 5.75 Å². The van der Waals surface area contributed by atoms with Crippen LogP contribution < -0.4 is 10.3 Å². The Labute approximate surface area is 178 Å². The summed E-state index contributed by atoms with van der Waals surface area (Å²) in [4.78, 5) is 20.2. The molecule has 0 bridgehead atoms. The van der Waals surface area contributed by atoms with Gasteiger partial charge in [0.25, 0.3) is 5.56 Å². The van der Waals surface area contributed by atoms with Gasteiger partial charge in [-0.25, -0.2) is 4.98 Å². The average molecular weight is 406 g/mol. The number of rotatable bonds is 6. The second kappa shape index (κ2) is 9.43. The Morgan fingerprint density at radius 2 is 1.70 bits per heavy atom. The maximum absolute atomic E-state index is 13.1. The quantitative estimate of drug-likeness (QED) is 0.560. The molecule has 1 fully saturated rings. The van der Waals surface area contributed by atoms with Crippen molar-refractivity contribution in [3.05, 3.63) is 64.2 Å². The Balaban J connectivity index is 1.41. The molecule has 0 aliphatic carbocycles. The smallest absolute Gasteiger partial charge is 0.265 e. The normalized spacial score (nSPS) is 15.3. The van der Waals surface area contributed by atoms with Crippen LogP contribution >= 0.6 is 0 Å². The van der Waals surface area contributed by atoms with Crippen LogP contribution in [0.15, 0.2) is 47.3 Å². The molecule has 0 N–H and O–H groups in total. The second-order valence-electron chi connectivity index (χ2n) is 8.27. The first-order chi connectivity index (χ1) is 14.6. The summed E-state index contributed by atoms with van der Waals surface area (Å²) >= 11 is 0. The van der Waals surface area contributed by atoms with Crippen molar-refractivity contribution in [1.29, 1.82) is 0 Å². The Kier molecular flexibility index (Phi) is 6.48. The number of hydrogen-bond acceptors (Lipinski definition) is 4. The number of nitrogens with zero attached hydrogens (tertiary/aromatic N) is 3. The second-order valence-corrected chi connectivity index (χ2v) is 8.27. The van der Waals surface area contributed by atoms with Crippen molar-refractivity contribution in [2.24, 2.45) is 0 Å². The Morgan fingerprint density at radius 3 is 2.43 bits per heavy atom. The van der Waals surface area contributed by atoms with Crippen LogP contribution in [0.1, 0.15) is 43.5 Å². The highest BCUT2D eigenvalue weighted by molar-refractivity contribution is 5.78. The molecular weight excluding hydrogens is 374 g/mol. The average Bonchev–Trinajstić information content (AvgIpc) is 3.02. The standard InChI is InChI=1S/C25H31N3O2/c1-19-8-13-24-23(18-19)25(29)28(20(2)26-24)21-9-11-22(12-10-21)30-17-7-16-27-14-5-3-4-6-15-27/h8-13,18H,3-7,14-17H2,1-2H3. The molecule has 1 aliphatic heterocycles. The van der Waals surface area contributed by atoms with Gasteiger partial charge in [-0.15, -0.1) is 0 Å².